The average molecular weight is 288 g/mol. The van der Waals surface area contributed by atoms with Crippen molar-refractivity contribution >= 4 is 21.5 Å². The number of nitriles is 1. The van der Waals surface area contributed by atoms with E-state index < -0.39 is 9.84 Å². The van der Waals surface area contributed by atoms with Gasteiger partial charge in [0.2, 0.25) is 5.95 Å². The summed E-state index contributed by atoms with van der Waals surface area (Å²) in [5, 5.41) is 11.8. The number of hydrogen-bond donors (Lipinski definition) is 1. The highest BCUT2D eigenvalue weighted by Gasteiger charge is 2.07. The van der Waals surface area contributed by atoms with Gasteiger partial charge in [0.25, 0.3) is 0 Å². The number of anilines is 2. The van der Waals surface area contributed by atoms with Crippen LogP contribution in [-0.2, 0) is 9.84 Å². The van der Waals surface area contributed by atoms with Gasteiger partial charge in [-0.05, 0) is 37.3 Å². The Labute approximate surface area is 117 Å². The van der Waals surface area contributed by atoms with Crippen LogP contribution in [0.3, 0.4) is 0 Å². The lowest BCUT2D eigenvalue weighted by atomic mass is 10.3. The van der Waals surface area contributed by atoms with E-state index in [0.717, 1.165) is 6.26 Å². The minimum absolute atomic E-state index is 0.242. The molecule has 1 N–H and O–H groups in total. The molecule has 0 atom stereocenters. The Bertz CT molecular complexity index is 777. The minimum atomic E-state index is -3.21. The van der Waals surface area contributed by atoms with Crippen LogP contribution in [0.4, 0.5) is 11.6 Å². The van der Waals surface area contributed by atoms with Crippen molar-refractivity contribution in [2.24, 2.45) is 0 Å². The molecule has 0 saturated heterocycles. The van der Waals surface area contributed by atoms with E-state index in [4.69, 9.17) is 5.26 Å². The summed E-state index contributed by atoms with van der Waals surface area (Å²) in [5.41, 5.74) is 1.59. The molecule has 20 heavy (non-hydrogen) atoms. The first kappa shape index (κ1) is 14.0. The first-order chi connectivity index (χ1) is 9.38. The molecule has 0 saturated carbocycles. The molecule has 0 aliphatic rings. The first-order valence-electron chi connectivity index (χ1n) is 5.71. The summed E-state index contributed by atoms with van der Waals surface area (Å²) in [6.07, 6.45) is 1.15. The van der Waals surface area contributed by atoms with Gasteiger partial charge in [-0.1, -0.05) is 0 Å². The van der Waals surface area contributed by atoms with Gasteiger partial charge >= 0.3 is 0 Å². The number of rotatable bonds is 3. The second kappa shape index (κ2) is 5.27. The summed E-state index contributed by atoms with van der Waals surface area (Å²) in [7, 11) is -3.21. The van der Waals surface area contributed by atoms with Gasteiger partial charge in [-0.2, -0.15) is 5.26 Å². The third kappa shape index (κ3) is 3.30. The highest BCUT2D eigenvalue weighted by molar-refractivity contribution is 7.90. The van der Waals surface area contributed by atoms with Crippen LogP contribution in [0.15, 0.2) is 35.2 Å². The lowest BCUT2D eigenvalue weighted by Crippen LogP contribution is -2.01. The Morgan fingerprint density at radius 1 is 1.20 bits per heavy atom. The normalized spacial score (nSPS) is 10.8. The summed E-state index contributed by atoms with van der Waals surface area (Å²) in [6, 6.07) is 9.77. The van der Waals surface area contributed by atoms with Crippen molar-refractivity contribution in [2.45, 2.75) is 11.8 Å². The molecule has 1 aromatic carbocycles. The number of sulfone groups is 1. The van der Waals surface area contributed by atoms with Crippen molar-refractivity contribution in [1.82, 2.24) is 9.97 Å². The highest BCUT2D eigenvalue weighted by atomic mass is 32.2. The number of nitrogens with zero attached hydrogens (tertiary/aromatic N) is 3. The largest absolute Gasteiger partial charge is 0.324 e. The second-order valence-corrected chi connectivity index (χ2v) is 6.27. The van der Waals surface area contributed by atoms with E-state index >= 15 is 0 Å². The van der Waals surface area contributed by atoms with Crippen LogP contribution in [0.25, 0.3) is 0 Å². The maximum absolute atomic E-state index is 11.3. The summed E-state index contributed by atoms with van der Waals surface area (Å²) in [6.45, 7) is 1.76. The SMILES string of the molecule is Cc1cc(C#N)nc(Nc2ccc(S(C)(=O)=O)cc2)n1. The Kier molecular flexibility index (Phi) is 3.68. The van der Waals surface area contributed by atoms with Gasteiger partial charge in [0.15, 0.2) is 9.84 Å². The van der Waals surface area contributed by atoms with Crippen molar-refractivity contribution in [1.29, 1.82) is 5.26 Å². The van der Waals surface area contributed by atoms with Crippen LogP contribution in [-0.4, -0.2) is 24.6 Å². The van der Waals surface area contributed by atoms with Crippen LogP contribution >= 0.6 is 0 Å². The van der Waals surface area contributed by atoms with E-state index in [-0.39, 0.29) is 10.6 Å². The third-order valence-corrected chi connectivity index (χ3v) is 3.64. The molecule has 0 aliphatic heterocycles. The van der Waals surface area contributed by atoms with Gasteiger partial charge in [-0.3, -0.25) is 0 Å². The summed E-state index contributed by atoms with van der Waals surface area (Å²) < 4.78 is 22.7. The first-order valence-corrected chi connectivity index (χ1v) is 7.60. The third-order valence-electron chi connectivity index (χ3n) is 2.51. The molecule has 0 amide bonds. The molecule has 0 aliphatic carbocycles. The van der Waals surface area contributed by atoms with Crippen molar-refractivity contribution in [2.75, 3.05) is 11.6 Å². The van der Waals surface area contributed by atoms with E-state index in [9.17, 15) is 8.42 Å². The Hall–Kier alpha value is -2.46. The number of nitrogens with one attached hydrogen (secondary N) is 1. The van der Waals surface area contributed by atoms with E-state index in [0.29, 0.717) is 17.3 Å². The van der Waals surface area contributed by atoms with Crippen LogP contribution in [0.1, 0.15) is 11.4 Å². The van der Waals surface area contributed by atoms with Gasteiger partial charge in [0.1, 0.15) is 11.8 Å². The standard InChI is InChI=1S/C13H12N4O2S/c1-9-7-11(8-14)17-13(15-9)16-10-3-5-12(6-4-10)20(2,18)19/h3-7H,1-2H3,(H,15,16,17). The lowest BCUT2D eigenvalue weighted by molar-refractivity contribution is 0.602. The van der Waals surface area contributed by atoms with Gasteiger partial charge in [0, 0.05) is 17.6 Å². The molecular weight excluding hydrogens is 276 g/mol. The van der Waals surface area contributed by atoms with Crippen LogP contribution < -0.4 is 5.32 Å². The van der Waals surface area contributed by atoms with Gasteiger partial charge in [-0.25, -0.2) is 18.4 Å². The predicted octanol–water partition coefficient (Wildman–Crippen LogP) is 1.80. The molecule has 0 fully saturated rings. The molecule has 6 nitrogen and oxygen atoms in total. The minimum Gasteiger partial charge on any atom is -0.324 e. The maximum Gasteiger partial charge on any atom is 0.228 e. The highest BCUT2D eigenvalue weighted by Crippen LogP contribution is 2.17. The zero-order valence-electron chi connectivity index (χ0n) is 11.0. The fraction of sp³-hybridized carbons (Fsp3) is 0.154. The molecule has 1 heterocycles. The van der Waals surface area contributed by atoms with E-state index in [2.05, 4.69) is 15.3 Å². The van der Waals surface area contributed by atoms with E-state index in [1.807, 2.05) is 6.07 Å². The van der Waals surface area contributed by atoms with Gasteiger partial charge < -0.3 is 5.32 Å². The van der Waals surface area contributed by atoms with Crippen molar-refractivity contribution in [3.8, 4) is 6.07 Å². The second-order valence-electron chi connectivity index (χ2n) is 4.25. The molecule has 0 spiro atoms. The molecule has 1 aromatic heterocycles. The Morgan fingerprint density at radius 2 is 1.85 bits per heavy atom. The topological polar surface area (TPSA) is 95.7 Å². The molecular formula is C13H12N4O2S. The fourth-order valence-corrected chi connectivity index (χ4v) is 2.23. The Morgan fingerprint density at radius 3 is 2.40 bits per heavy atom. The van der Waals surface area contributed by atoms with Crippen molar-refractivity contribution in [3.63, 3.8) is 0 Å². The maximum atomic E-state index is 11.3. The summed E-state index contributed by atoms with van der Waals surface area (Å²) in [5.74, 6) is 0.300. The summed E-state index contributed by atoms with van der Waals surface area (Å²) >= 11 is 0. The van der Waals surface area contributed by atoms with Crippen LogP contribution in [0.5, 0.6) is 0 Å². The van der Waals surface area contributed by atoms with E-state index in [1.54, 1.807) is 25.1 Å². The predicted molar refractivity (Wildman–Crippen MR) is 74.3 cm³/mol. The smallest absolute Gasteiger partial charge is 0.228 e. The number of aromatic nitrogens is 2. The zero-order valence-corrected chi connectivity index (χ0v) is 11.8. The molecule has 7 heteroatoms. The molecule has 2 aromatic rings. The van der Waals surface area contributed by atoms with Crippen LogP contribution in [0.2, 0.25) is 0 Å². The average Bonchev–Trinajstić information content (AvgIpc) is 2.37. The molecule has 102 valence electrons. The number of hydrogen-bond acceptors (Lipinski definition) is 6. The number of benzene rings is 1. The van der Waals surface area contributed by atoms with Gasteiger partial charge in [0.05, 0.1) is 4.90 Å². The zero-order chi connectivity index (χ0) is 14.8. The van der Waals surface area contributed by atoms with Gasteiger partial charge in [-0.15, -0.1) is 0 Å². The van der Waals surface area contributed by atoms with Crippen molar-refractivity contribution in [3.05, 3.63) is 41.7 Å². The lowest BCUT2D eigenvalue weighted by Gasteiger charge is -2.06. The Balaban J connectivity index is 2.27. The molecule has 2 rings (SSSR count). The quantitative estimate of drug-likeness (QED) is 0.925. The molecule has 0 radical (unpaired) electrons. The van der Waals surface area contributed by atoms with E-state index in [1.165, 1.54) is 12.1 Å². The number of aryl methyl sites for hydroxylation is 1. The van der Waals surface area contributed by atoms with Crippen LogP contribution in [0, 0.1) is 18.3 Å². The monoisotopic (exact) mass is 288 g/mol. The van der Waals surface area contributed by atoms with Crippen molar-refractivity contribution < 1.29 is 8.42 Å². The fourth-order valence-electron chi connectivity index (χ4n) is 1.60. The molecule has 0 unspecified atom stereocenters. The summed E-state index contributed by atoms with van der Waals surface area (Å²) in [4.78, 5) is 8.42. The molecule has 0 bridgehead atoms.